The standard InChI is InChI=1S/C19H28N8/c1-4-27-12-16(10-21-27)11-25-8-5-6-17(13-25)19-23-22-18(24(19)3)14-26-9-7-20-15(26)2/h7,9-10,12,17H,4-6,8,11,13-14H2,1-3H3. The van der Waals surface area contributed by atoms with Crippen LogP contribution >= 0.6 is 0 Å². The Hall–Kier alpha value is -2.48. The monoisotopic (exact) mass is 368 g/mol. The molecule has 8 nitrogen and oxygen atoms in total. The van der Waals surface area contributed by atoms with Crippen molar-refractivity contribution in [2.45, 2.75) is 52.2 Å². The number of nitrogens with zero attached hydrogens (tertiary/aromatic N) is 8. The van der Waals surface area contributed by atoms with E-state index < -0.39 is 0 Å². The second-order valence-corrected chi connectivity index (χ2v) is 7.41. The number of likely N-dealkylation sites (tertiary alicyclic amines) is 1. The van der Waals surface area contributed by atoms with Gasteiger partial charge in [-0.05, 0) is 33.2 Å². The van der Waals surface area contributed by atoms with Crippen LogP contribution in [0.2, 0.25) is 0 Å². The van der Waals surface area contributed by atoms with E-state index in [9.17, 15) is 0 Å². The fourth-order valence-corrected chi connectivity index (χ4v) is 3.92. The summed E-state index contributed by atoms with van der Waals surface area (Å²) in [6.45, 7) is 8.86. The van der Waals surface area contributed by atoms with E-state index in [0.717, 1.165) is 43.7 Å². The maximum atomic E-state index is 4.54. The predicted molar refractivity (Wildman–Crippen MR) is 102 cm³/mol. The first-order chi connectivity index (χ1) is 13.1. The van der Waals surface area contributed by atoms with Crippen molar-refractivity contribution in [1.29, 1.82) is 0 Å². The largest absolute Gasteiger partial charge is 0.328 e. The van der Waals surface area contributed by atoms with Crippen LogP contribution in [-0.2, 0) is 26.7 Å². The van der Waals surface area contributed by atoms with Gasteiger partial charge in [-0.15, -0.1) is 10.2 Å². The average molecular weight is 368 g/mol. The summed E-state index contributed by atoms with van der Waals surface area (Å²) in [5.41, 5.74) is 1.28. The molecule has 1 fully saturated rings. The number of aryl methyl sites for hydroxylation is 2. The van der Waals surface area contributed by atoms with Gasteiger partial charge in [0, 0.05) is 56.8 Å². The Labute approximate surface area is 159 Å². The molecule has 1 atom stereocenters. The Morgan fingerprint density at radius 1 is 1.22 bits per heavy atom. The highest BCUT2D eigenvalue weighted by Crippen LogP contribution is 2.26. The van der Waals surface area contributed by atoms with Crippen molar-refractivity contribution < 1.29 is 0 Å². The van der Waals surface area contributed by atoms with Crippen LogP contribution < -0.4 is 0 Å². The second kappa shape index (κ2) is 7.64. The number of aromatic nitrogens is 7. The van der Waals surface area contributed by atoms with E-state index >= 15 is 0 Å². The lowest BCUT2D eigenvalue weighted by Crippen LogP contribution is -2.34. The Morgan fingerprint density at radius 3 is 2.85 bits per heavy atom. The summed E-state index contributed by atoms with van der Waals surface area (Å²) in [7, 11) is 2.08. The first-order valence-corrected chi connectivity index (χ1v) is 9.73. The lowest BCUT2D eigenvalue weighted by atomic mass is 9.97. The lowest BCUT2D eigenvalue weighted by molar-refractivity contribution is 0.195. The van der Waals surface area contributed by atoms with Crippen LogP contribution in [0.3, 0.4) is 0 Å². The molecule has 1 aliphatic rings. The Balaban J connectivity index is 1.44. The summed E-state index contributed by atoms with van der Waals surface area (Å²) in [6, 6.07) is 0. The van der Waals surface area contributed by atoms with Crippen molar-refractivity contribution >= 4 is 0 Å². The summed E-state index contributed by atoms with van der Waals surface area (Å²) in [5, 5.41) is 13.4. The van der Waals surface area contributed by atoms with Crippen LogP contribution in [0.5, 0.6) is 0 Å². The molecule has 0 aliphatic carbocycles. The molecule has 0 N–H and O–H groups in total. The van der Waals surface area contributed by atoms with Gasteiger partial charge in [-0.25, -0.2) is 4.98 Å². The molecule has 3 aromatic heterocycles. The zero-order chi connectivity index (χ0) is 18.8. The van der Waals surface area contributed by atoms with Crippen molar-refractivity contribution in [3.05, 3.63) is 47.8 Å². The highest BCUT2D eigenvalue weighted by atomic mass is 15.3. The molecule has 0 radical (unpaired) electrons. The molecule has 8 heteroatoms. The third-order valence-corrected chi connectivity index (χ3v) is 5.52. The van der Waals surface area contributed by atoms with Crippen LogP contribution in [0.25, 0.3) is 0 Å². The van der Waals surface area contributed by atoms with Crippen LogP contribution in [0.1, 0.15) is 48.7 Å². The Morgan fingerprint density at radius 2 is 2.11 bits per heavy atom. The molecule has 0 spiro atoms. The van der Waals surface area contributed by atoms with Crippen molar-refractivity contribution in [3.63, 3.8) is 0 Å². The van der Waals surface area contributed by atoms with Crippen molar-refractivity contribution in [2.24, 2.45) is 7.05 Å². The van der Waals surface area contributed by atoms with Gasteiger partial charge in [0.2, 0.25) is 0 Å². The molecule has 3 aromatic rings. The third kappa shape index (κ3) is 3.80. The molecule has 0 aromatic carbocycles. The fourth-order valence-electron chi connectivity index (χ4n) is 3.92. The zero-order valence-corrected chi connectivity index (χ0v) is 16.4. The predicted octanol–water partition coefficient (Wildman–Crippen LogP) is 1.96. The zero-order valence-electron chi connectivity index (χ0n) is 16.4. The van der Waals surface area contributed by atoms with Gasteiger partial charge in [0.15, 0.2) is 5.82 Å². The summed E-state index contributed by atoms with van der Waals surface area (Å²) in [5.74, 6) is 3.50. The average Bonchev–Trinajstić information content (AvgIpc) is 3.38. The normalized spacial score (nSPS) is 18.3. The molecule has 144 valence electrons. The van der Waals surface area contributed by atoms with Gasteiger partial charge in [0.25, 0.3) is 0 Å². The molecular formula is C19H28N8. The molecule has 4 heterocycles. The van der Waals surface area contributed by atoms with Crippen LogP contribution in [0.4, 0.5) is 0 Å². The maximum Gasteiger partial charge on any atom is 0.152 e. The van der Waals surface area contributed by atoms with E-state index in [4.69, 9.17) is 0 Å². The summed E-state index contributed by atoms with van der Waals surface area (Å²) < 4.78 is 6.26. The summed E-state index contributed by atoms with van der Waals surface area (Å²) in [6.07, 6.45) is 10.3. The lowest BCUT2D eigenvalue weighted by Gasteiger charge is -2.31. The second-order valence-electron chi connectivity index (χ2n) is 7.41. The minimum Gasteiger partial charge on any atom is -0.328 e. The van der Waals surface area contributed by atoms with Crippen LogP contribution in [0.15, 0.2) is 24.8 Å². The van der Waals surface area contributed by atoms with Crippen LogP contribution in [0, 0.1) is 6.92 Å². The van der Waals surface area contributed by atoms with E-state index in [-0.39, 0.29) is 0 Å². The maximum absolute atomic E-state index is 4.54. The van der Waals surface area contributed by atoms with Gasteiger partial charge < -0.3 is 9.13 Å². The molecule has 1 unspecified atom stereocenters. The quantitative estimate of drug-likeness (QED) is 0.665. The number of hydrogen-bond acceptors (Lipinski definition) is 5. The molecule has 0 bridgehead atoms. The van der Waals surface area contributed by atoms with Crippen molar-refractivity contribution in [3.8, 4) is 0 Å². The van der Waals surface area contributed by atoms with Gasteiger partial charge in [0.05, 0.1) is 12.7 Å². The van der Waals surface area contributed by atoms with Gasteiger partial charge in [-0.1, -0.05) is 0 Å². The molecule has 1 aliphatic heterocycles. The van der Waals surface area contributed by atoms with Gasteiger partial charge in [-0.2, -0.15) is 5.10 Å². The molecule has 27 heavy (non-hydrogen) atoms. The van der Waals surface area contributed by atoms with E-state index in [0.29, 0.717) is 12.5 Å². The third-order valence-electron chi connectivity index (χ3n) is 5.52. The molecule has 1 saturated heterocycles. The minimum atomic E-state index is 0.426. The van der Waals surface area contributed by atoms with Crippen LogP contribution in [-0.4, -0.2) is 52.1 Å². The fraction of sp³-hybridized carbons (Fsp3) is 0.579. The summed E-state index contributed by atoms with van der Waals surface area (Å²) >= 11 is 0. The van der Waals surface area contributed by atoms with Gasteiger partial charge >= 0.3 is 0 Å². The molecule has 0 saturated carbocycles. The van der Waals surface area contributed by atoms with E-state index in [1.165, 1.54) is 18.4 Å². The molecule has 4 rings (SSSR count). The molecule has 0 amide bonds. The van der Waals surface area contributed by atoms with Gasteiger partial charge in [-0.3, -0.25) is 9.58 Å². The van der Waals surface area contributed by atoms with Crippen molar-refractivity contribution in [2.75, 3.05) is 13.1 Å². The number of piperidine rings is 1. The topological polar surface area (TPSA) is 69.6 Å². The number of hydrogen-bond donors (Lipinski definition) is 0. The highest BCUT2D eigenvalue weighted by Gasteiger charge is 2.26. The minimum absolute atomic E-state index is 0.426. The number of rotatable bonds is 6. The summed E-state index contributed by atoms with van der Waals surface area (Å²) in [4.78, 5) is 6.80. The van der Waals surface area contributed by atoms with E-state index in [1.54, 1.807) is 0 Å². The van der Waals surface area contributed by atoms with E-state index in [2.05, 4.69) is 54.5 Å². The number of imidazole rings is 1. The Bertz CT molecular complexity index is 889. The smallest absolute Gasteiger partial charge is 0.152 e. The van der Waals surface area contributed by atoms with Gasteiger partial charge in [0.1, 0.15) is 11.6 Å². The van der Waals surface area contributed by atoms with Crippen molar-refractivity contribution in [1.82, 2.24) is 39.0 Å². The molecular weight excluding hydrogens is 340 g/mol. The Kier molecular flexibility index (Phi) is 5.07. The SMILES string of the molecule is CCn1cc(CN2CCCC(c3nnc(Cn4ccnc4C)n3C)C2)cn1. The first kappa shape index (κ1) is 17.9. The van der Waals surface area contributed by atoms with E-state index in [1.807, 2.05) is 30.2 Å². The first-order valence-electron chi connectivity index (χ1n) is 9.73. The highest BCUT2D eigenvalue weighted by molar-refractivity contribution is 5.08.